The van der Waals surface area contributed by atoms with E-state index in [0.29, 0.717) is 12.2 Å². The highest BCUT2D eigenvalue weighted by Crippen LogP contribution is 2.31. The first-order valence-corrected chi connectivity index (χ1v) is 12.1. The number of H-pyrrole nitrogens is 1. The fourth-order valence-electron chi connectivity index (χ4n) is 3.79. The molecule has 5 rings (SSSR count). The van der Waals surface area contributed by atoms with Crippen molar-refractivity contribution < 1.29 is 12.8 Å². The van der Waals surface area contributed by atoms with E-state index in [4.69, 9.17) is 0 Å². The van der Waals surface area contributed by atoms with Gasteiger partial charge in [0.25, 0.3) is 0 Å². The first-order chi connectivity index (χ1) is 15.8. The maximum absolute atomic E-state index is 13.5. The zero-order chi connectivity index (χ0) is 23.0. The molecule has 2 N–H and O–H groups in total. The van der Waals surface area contributed by atoms with Crippen LogP contribution in [0.1, 0.15) is 5.56 Å². The van der Waals surface area contributed by atoms with Crippen molar-refractivity contribution in [3.05, 3.63) is 90.8 Å². The van der Waals surface area contributed by atoms with E-state index in [9.17, 15) is 12.8 Å². The molecule has 0 saturated carbocycles. The van der Waals surface area contributed by atoms with Gasteiger partial charge in [0.05, 0.1) is 19.0 Å². The Bertz CT molecular complexity index is 1570. The fraction of sp³-hybridized carbons (Fsp3) is 0.0833. The van der Waals surface area contributed by atoms with Crippen molar-refractivity contribution in [2.45, 2.75) is 6.54 Å². The summed E-state index contributed by atoms with van der Waals surface area (Å²) < 4.78 is 40.9. The molecule has 0 bridgehead atoms. The number of nitrogens with zero attached hydrogens (tertiary/aromatic N) is 3. The standard InChI is InChI=1S/C24H20FN5O2S/c1-33(31,32)29-21-7-3-5-17(9-21)18-10-22-23(13-27-24(22)26-11-18)19-12-28-30(15-19)14-16-4-2-6-20(25)8-16/h2-13,15,29H,14H2,1H3,(H,26,27). The Morgan fingerprint density at radius 2 is 1.88 bits per heavy atom. The van der Waals surface area contributed by atoms with Crippen LogP contribution in [0.4, 0.5) is 10.1 Å². The Labute approximate surface area is 190 Å². The third-order valence-electron chi connectivity index (χ3n) is 5.21. The average molecular weight is 462 g/mol. The van der Waals surface area contributed by atoms with E-state index in [2.05, 4.69) is 19.8 Å². The Morgan fingerprint density at radius 3 is 2.70 bits per heavy atom. The number of rotatable bonds is 6. The van der Waals surface area contributed by atoms with Crippen molar-refractivity contribution in [3.63, 3.8) is 0 Å². The average Bonchev–Trinajstić information content (AvgIpc) is 3.39. The van der Waals surface area contributed by atoms with Crippen LogP contribution in [0.5, 0.6) is 0 Å². The molecule has 2 aromatic carbocycles. The fourth-order valence-corrected chi connectivity index (χ4v) is 4.34. The van der Waals surface area contributed by atoms with Gasteiger partial charge in [0.2, 0.25) is 10.0 Å². The highest BCUT2D eigenvalue weighted by molar-refractivity contribution is 7.92. The van der Waals surface area contributed by atoms with E-state index in [1.54, 1.807) is 41.3 Å². The molecule has 0 radical (unpaired) electrons. The molecular weight excluding hydrogens is 441 g/mol. The first-order valence-electron chi connectivity index (χ1n) is 10.2. The van der Waals surface area contributed by atoms with Gasteiger partial charge in [-0.25, -0.2) is 17.8 Å². The Morgan fingerprint density at radius 1 is 1.03 bits per heavy atom. The van der Waals surface area contributed by atoms with Gasteiger partial charge in [0.15, 0.2) is 0 Å². The van der Waals surface area contributed by atoms with Gasteiger partial charge in [-0.2, -0.15) is 5.10 Å². The van der Waals surface area contributed by atoms with E-state index in [1.165, 1.54) is 12.1 Å². The molecule has 0 unspecified atom stereocenters. The van der Waals surface area contributed by atoms with Crippen LogP contribution >= 0.6 is 0 Å². The summed E-state index contributed by atoms with van der Waals surface area (Å²) in [5.41, 5.74) is 5.59. The zero-order valence-electron chi connectivity index (χ0n) is 17.7. The summed E-state index contributed by atoms with van der Waals surface area (Å²) >= 11 is 0. The van der Waals surface area contributed by atoms with Crippen molar-refractivity contribution in [2.24, 2.45) is 0 Å². The van der Waals surface area contributed by atoms with Crippen LogP contribution in [0.2, 0.25) is 0 Å². The number of hydrogen-bond acceptors (Lipinski definition) is 4. The van der Waals surface area contributed by atoms with Crippen molar-refractivity contribution in [1.29, 1.82) is 0 Å². The lowest BCUT2D eigenvalue weighted by Crippen LogP contribution is -2.09. The molecule has 0 atom stereocenters. The van der Waals surface area contributed by atoms with Gasteiger partial charge in [0, 0.05) is 46.4 Å². The molecule has 0 fully saturated rings. The van der Waals surface area contributed by atoms with Crippen LogP contribution in [0.3, 0.4) is 0 Å². The quantitative estimate of drug-likeness (QED) is 0.385. The highest BCUT2D eigenvalue weighted by atomic mass is 32.2. The molecular formula is C24H20FN5O2S. The van der Waals surface area contributed by atoms with Crippen LogP contribution in [0.25, 0.3) is 33.3 Å². The third-order valence-corrected chi connectivity index (χ3v) is 5.81. The predicted octanol–water partition coefficient (Wildman–Crippen LogP) is 4.65. The van der Waals surface area contributed by atoms with Crippen LogP contribution < -0.4 is 4.72 Å². The summed E-state index contributed by atoms with van der Waals surface area (Å²) in [6.45, 7) is 0.462. The molecule has 0 aliphatic heterocycles. The van der Waals surface area contributed by atoms with Crippen molar-refractivity contribution in [1.82, 2.24) is 19.7 Å². The number of aromatic amines is 1. The van der Waals surface area contributed by atoms with Crippen molar-refractivity contribution in [2.75, 3.05) is 11.0 Å². The normalized spacial score (nSPS) is 11.7. The molecule has 3 heterocycles. The summed E-state index contributed by atoms with van der Waals surface area (Å²) in [7, 11) is -3.37. The lowest BCUT2D eigenvalue weighted by atomic mass is 10.0. The molecule has 0 saturated heterocycles. The third kappa shape index (κ3) is 4.63. The van der Waals surface area contributed by atoms with Gasteiger partial charge in [0.1, 0.15) is 11.5 Å². The summed E-state index contributed by atoms with van der Waals surface area (Å²) in [4.78, 5) is 7.71. The number of aromatic nitrogens is 4. The van der Waals surface area contributed by atoms with Gasteiger partial charge in [-0.3, -0.25) is 9.40 Å². The number of benzene rings is 2. The van der Waals surface area contributed by atoms with Gasteiger partial charge < -0.3 is 4.98 Å². The van der Waals surface area contributed by atoms with Crippen LogP contribution in [-0.4, -0.2) is 34.4 Å². The summed E-state index contributed by atoms with van der Waals surface area (Å²) in [5.74, 6) is -0.272. The maximum Gasteiger partial charge on any atom is 0.229 e. The SMILES string of the molecule is CS(=O)(=O)Nc1cccc(-c2cnc3[nH]cc(-c4cnn(Cc5cccc(F)c5)c4)c3c2)c1. The largest absolute Gasteiger partial charge is 0.346 e. The zero-order valence-corrected chi connectivity index (χ0v) is 18.5. The summed E-state index contributed by atoms with van der Waals surface area (Å²) in [6, 6.07) is 15.6. The van der Waals surface area contributed by atoms with Crippen molar-refractivity contribution >= 4 is 26.7 Å². The van der Waals surface area contributed by atoms with E-state index in [1.807, 2.05) is 30.6 Å². The molecule has 166 valence electrons. The van der Waals surface area contributed by atoms with E-state index < -0.39 is 10.0 Å². The van der Waals surface area contributed by atoms with Gasteiger partial charge in [-0.05, 0) is 41.5 Å². The molecule has 7 nitrogen and oxygen atoms in total. The topological polar surface area (TPSA) is 92.7 Å². The minimum atomic E-state index is -3.37. The monoisotopic (exact) mass is 461 g/mol. The Balaban J connectivity index is 1.47. The Hall–Kier alpha value is -3.98. The molecule has 0 spiro atoms. The smallest absolute Gasteiger partial charge is 0.229 e. The first kappa shape index (κ1) is 20.9. The summed E-state index contributed by atoms with van der Waals surface area (Å²) in [6.07, 6.45) is 8.43. The van der Waals surface area contributed by atoms with Crippen LogP contribution in [0.15, 0.2) is 79.4 Å². The lowest BCUT2D eigenvalue weighted by Gasteiger charge is -2.07. The number of nitrogens with one attached hydrogen (secondary N) is 2. The Kier molecular flexibility index (Phi) is 5.18. The van der Waals surface area contributed by atoms with E-state index >= 15 is 0 Å². The van der Waals surface area contributed by atoms with Gasteiger partial charge in [-0.1, -0.05) is 24.3 Å². The van der Waals surface area contributed by atoms with Gasteiger partial charge >= 0.3 is 0 Å². The number of hydrogen-bond donors (Lipinski definition) is 2. The molecule has 3 aromatic heterocycles. The molecule has 0 amide bonds. The second-order valence-electron chi connectivity index (χ2n) is 7.83. The maximum atomic E-state index is 13.5. The number of halogens is 1. The number of sulfonamides is 1. The van der Waals surface area contributed by atoms with Crippen LogP contribution in [-0.2, 0) is 16.6 Å². The predicted molar refractivity (Wildman–Crippen MR) is 127 cm³/mol. The van der Waals surface area contributed by atoms with Crippen molar-refractivity contribution in [3.8, 4) is 22.3 Å². The second-order valence-corrected chi connectivity index (χ2v) is 9.58. The highest BCUT2D eigenvalue weighted by Gasteiger charge is 2.12. The van der Waals surface area contributed by atoms with E-state index in [0.717, 1.165) is 45.1 Å². The molecule has 0 aliphatic rings. The minimum absolute atomic E-state index is 0.272. The van der Waals surface area contributed by atoms with E-state index in [-0.39, 0.29) is 5.82 Å². The van der Waals surface area contributed by atoms with Gasteiger partial charge in [-0.15, -0.1) is 0 Å². The summed E-state index contributed by atoms with van der Waals surface area (Å²) in [5, 5.41) is 5.34. The molecule has 5 aromatic rings. The molecule has 33 heavy (non-hydrogen) atoms. The second kappa shape index (κ2) is 8.18. The van der Waals surface area contributed by atoms with Crippen LogP contribution in [0, 0.1) is 5.82 Å². The number of fused-ring (bicyclic) bond motifs is 1. The lowest BCUT2D eigenvalue weighted by molar-refractivity contribution is 0.606. The molecule has 9 heteroatoms. The molecule has 0 aliphatic carbocycles. The minimum Gasteiger partial charge on any atom is -0.346 e. The number of pyridine rings is 1. The number of anilines is 1.